The molecule has 4 rings (SSSR count). The zero-order chi connectivity index (χ0) is 19.0. The number of aryl methyl sites for hydroxylation is 1. The average molecular weight is 426 g/mol. The second-order valence-corrected chi connectivity index (χ2v) is 8.75. The molecule has 0 bridgehead atoms. The highest BCUT2D eigenvalue weighted by atomic mass is 79.9. The van der Waals surface area contributed by atoms with Gasteiger partial charge in [0, 0.05) is 35.0 Å². The molecule has 1 heterocycles. The van der Waals surface area contributed by atoms with Gasteiger partial charge in [0.05, 0.1) is 0 Å². The molecule has 1 saturated carbocycles. The Kier molecular flexibility index (Phi) is 5.18. The van der Waals surface area contributed by atoms with Crippen molar-refractivity contribution in [1.82, 2.24) is 4.90 Å². The van der Waals surface area contributed by atoms with Gasteiger partial charge in [-0.1, -0.05) is 57.9 Å². The van der Waals surface area contributed by atoms with E-state index in [9.17, 15) is 9.59 Å². The molecule has 140 valence electrons. The van der Waals surface area contributed by atoms with Gasteiger partial charge in [-0.2, -0.15) is 0 Å². The summed E-state index contributed by atoms with van der Waals surface area (Å²) < 4.78 is 1.06. The summed E-state index contributed by atoms with van der Waals surface area (Å²) in [5.74, 6) is 1.01. The predicted molar refractivity (Wildman–Crippen MR) is 110 cm³/mol. The molecule has 4 heteroatoms. The van der Waals surface area contributed by atoms with Crippen molar-refractivity contribution in [3.63, 3.8) is 0 Å². The van der Waals surface area contributed by atoms with E-state index < -0.39 is 0 Å². The average Bonchev–Trinajstić information content (AvgIpc) is 3.49. The van der Waals surface area contributed by atoms with E-state index in [-0.39, 0.29) is 23.5 Å². The quantitative estimate of drug-likeness (QED) is 0.647. The smallest absolute Gasteiger partial charge is 0.226 e. The molecule has 2 aromatic rings. The number of ketones is 1. The number of rotatable bonds is 4. The lowest BCUT2D eigenvalue weighted by molar-refractivity contribution is -0.133. The molecule has 3 nitrogen and oxygen atoms in total. The van der Waals surface area contributed by atoms with Crippen LogP contribution in [0, 0.1) is 18.8 Å². The van der Waals surface area contributed by atoms with Crippen LogP contribution in [0.3, 0.4) is 0 Å². The summed E-state index contributed by atoms with van der Waals surface area (Å²) in [6.07, 6.45) is 2.49. The molecule has 2 fully saturated rings. The molecule has 1 aliphatic heterocycles. The summed E-state index contributed by atoms with van der Waals surface area (Å²) in [5, 5.41) is 0. The first-order chi connectivity index (χ1) is 13.0. The zero-order valence-electron chi connectivity index (χ0n) is 15.5. The van der Waals surface area contributed by atoms with Gasteiger partial charge in [-0.05, 0) is 49.8 Å². The Labute approximate surface area is 168 Å². The molecule has 0 aromatic heterocycles. The molecule has 2 atom stereocenters. The molecule has 1 saturated heterocycles. The van der Waals surface area contributed by atoms with E-state index in [0.29, 0.717) is 19.0 Å². The highest BCUT2D eigenvalue weighted by molar-refractivity contribution is 9.10. The third-order valence-corrected chi connectivity index (χ3v) is 6.45. The van der Waals surface area contributed by atoms with Gasteiger partial charge in [0.15, 0.2) is 5.78 Å². The van der Waals surface area contributed by atoms with Crippen LogP contribution in [0.2, 0.25) is 0 Å². The largest absolute Gasteiger partial charge is 0.342 e. The maximum atomic E-state index is 12.8. The minimum absolute atomic E-state index is 0.0400. The van der Waals surface area contributed by atoms with Gasteiger partial charge in [0.2, 0.25) is 5.91 Å². The molecule has 0 N–H and O–H groups in total. The van der Waals surface area contributed by atoms with Crippen LogP contribution < -0.4 is 0 Å². The van der Waals surface area contributed by atoms with E-state index in [1.807, 2.05) is 48.2 Å². The summed E-state index contributed by atoms with van der Waals surface area (Å²) in [6.45, 7) is 3.42. The van der Waals surface area contributed by atoms with Crippen LogP contribution in [0.5, 0.6) is 0 Å². The van der Waals surface area contributed by atoms with E-state index in [1.165, 1.54) is 5.56 Å². The molecule has 1 amide bonds. The highest BCUT2D eigenvalue weighted by Gasteiger charge is 2.46. The third kappa shape index (κ3) is 4.01. The second kappa shape index (κ2) is 7.59. The van der Waals surface area contributed by atoms with Crippen molar-refractivity contribution in [1.29, 1.82) is 0 Å². The molecule has 0 radical (unpaired) electrons. The normalized spacial score (nSPS) is 22.5. The van der Waals surface area contributed by atoms with Crippen molar-refractivity contribution < 1.29 is 9.59 Å². The van der Waals surface area contributed by atoms with Gasteiger partial charge in [-0.25, -0.2) is 0 Å². The first-order valence-electron chi connectivity index (χ1n) is 9.68. The standard InChI is InChI=1S/C23H24BrNO2/c1-15-2-4-17(5-3-15)22(26)18-10-12-25(13-11-18)23(27)21-14-20(21)16-6-8-19(24)9-7-16/h2-9,18,20-21H,10-14H2,1H3. The number of halogens is 1. The summed E-state index contributed by atoms with van der Waals surface area (Å²) in [5.41, 5.74) is 3.21. The minimum atomic E-state index is 0.0400. The predicted octanol–water partition coefficient (Wildman–Crippen LogP) is 4.98. The van der Waals surface area contributed by atoms with Gasteiger partial charge in [-0.3, -0.25) is 9.59 Å². The number of Topliss-reactive ketones (excluding diaryl/α,β-unsaturated/α-hetero) is 1. The van der Waals surface area contributed by atoms with Gasteiger partial charge in [-0.15, -0.1) is 0 Å². The maximum absolute atomic E-state index is 12.8. The lowest BCUT2D eigenvalue weighted by Gasteiger charge is -2.31. The Morgan fingerprint density at radius 3 is 2.22 bits per heavy atom. The molecule has 2 aliphatic rings. The summed E-state index contributed by atoms with van der Waals surface area (Å²) in [7, 11) is 0. The SMILES string of the molecule is Cc1ccc(C(=O)C2CCN(C(=O)C3CC3c3ccc(Br)cc3)CC2)cc1. The Bertz CT molecular complexity index is 836. The number of nitrogens with zero attached hydrogens (tertiary/aromatic N) is 1. The van der Waals surface area contributed by atoms with Gasteiger partial charge >= 0.3 is 0 Å². The van der Waals surface area contributed by atoms with Crippen molar-refractivity contribution in [3.8, 4) is 0 Å². The second-order valence-electron chi connectivity index (χ2n) is 7.83. The molecule has 27 heavy (non-hydrogen) atoms. The maximum Gasteiger partial charge on any atom is 0.226 e. The fraction of sp³-hybridized carbons (Fsp3) is 0.391. The number of amides is 1. The lowest BCUT2D eigenvalue weighted by atomic mass is 9.88. The number of carbonyl (C=O) groups excluding carboxylic acids is 2. The number of likely N-dealkylation sites (tertiary alicyclic amines) is 1. The molecule has 1 aliphatic carbocycles. The number of hydrogen-bond donors (Lipinski definition) is 0. The molecule has 2 unspecified atom stereocenters. The lowest BCUT2D eigenvalue weighted by Crippen LogP contribution is -2.41. The van der Waals surface area contributed by atoms with Crippen LogP contribution in [0.25, 0.3) is 0 Å². The number of hydrogen-bond acceptors (Lipinski definition) is 2. The van der Waals surface area contributed by atoms with Gasteiger partial charge in [0.25, 0.3) is 0 Å². The van der Waals surface area contributed by atoms with E-state index in [2.05, 4.69) is 28.1 Å². The monoisotopic (exact) mass is 425 g/mol. The van der Waals surface area contributed by atoms with Crippen molar-refractivity contribution in [2.24, 2.45) is 11.8 Å². The van der Waals surface area contributed by atoms with Crippen LogP contribution in [-0.4, -0.2) is 29.7 Å². The molecule has 0 spiro atoms. The van der Waals surface area contributed by atoms with E-state index in [4.69, 9.17) is 0 Å². The van der Waals surface area contributed by atoms with Crippen LogP contribution >= 0.6 is 15.9 Å². The zero-order valence-corrected chi connectivity index (χ0v) is 17.1. The summed E-state index contributed by atoms with van der Waals surface area (Å²) in [6, 6.07) is 16.1. The number of carbonyl (C=O) groups is 2. The van der Waals surface area contributed by atoms with Crippen molar-refractivity contribution in [3.05, 3.63) is 69.7 Å². The minimum Gasteiger partial charge on any atom is -0.342 e. The summed E-state index contributed by atoms with van der Waals surface area (Å²) >= 11 is 3.46. The van der Waals surface area contributed by atoms with Crippen LogP contribution in [0.4, 0.5) is 0 Å². The first kappa shape index (κ1) is 18.4. The van der Waals surface area contributed by atoms with E-state index in [0.717, 1.165) is 34.9 Å². The van der Waals surface area contributed by atoms with Crippen molar-refractivity contribution in [2.45, 2.75) is 32.1 Å². The Morgan fingerprint density at radius 2 is 1.59 bits per heavy atom. The topological polar surface area (TPSA) is 37.4 Å². The first-order valence-corrected chi connectivity index (χ1v) is 10.5. The molecular formula is C23H24BrNO2. The highest BCUT2D eigenvalue weighted by Crippen LogP contribution is 2.49. The van der Waals surface area contributed by atoms with Crippen molar-refractivity contribution in [2.75, 3.05) is 13.1 Å². The number of piperidine rings is 1. The van der Waals surface area contributed by atoms with Gasteiger partial charge in [0.1, 0.15) is 0 Å². The molecule has 2 aromatic carbocycles. The Hall–Kier alpha value is -1.94. The van der Waals surface area contributed by atoms with Crippen LogP contribution in [-0.2, 0) is 4.79 Å². The third-order valence-electron chi connectivity index (χ3n) is 5.92. The van der Waals surface area contributed by atoms with Crippen LogP contribution in [0.15, 0.2) is 53.0 Å². The molecular weight excluding hydrogens is 402 g/mol. The van der Waals surface area contributed by atoms with Gasteiger partial charge < -0.3 is 4.90 Å². The number of benzene rings is 2. The Morgan fingerprint density at radius 1 is 0.963 bits per heavy atom. The fourth-order valence-corrected chi connectivity index (χ4v) is 4.36. The fourth-order valence-electron chi connectivity index (χ4n) is 4.10. The van der Waals surface area contributed by atoms with E-state index >= 15 is 0 Å². The van der Waals surface area contributed by atoms with E-state index in [1.54, 1.807) is 0 Å². The summed E-state index contributed by atoms with van der Waals surface area (Å²) in [4.78, 5) is 27.5. The van der Waals surface area contributed by atoms with Crippen LogP contribution in [0.1, 0.15) is 46.7 Å². The Balaban J connectivity index is 1.31. The van der Waals surface area contributed by atoms with Crippen molar-refractivity contribution >= 4 is 27.6 Å².